The van der Waals surface area contributed by atoms with Crippen LogP contribution in [0.2, 0.25) is 0 Å². The van der Waals surface area contributed by atoms with Crippen LogP contribution in [-0.2, 0) is 11.4 Å². The van der Waals surface area contributed by atoms with Crippen LogP contribution in [0, 0.1) is 6.92 Å². The standard InChI is InChI=1S/C16H14N4O2S2/c1-11-18-13(9-23-11)8-22-14-4-2-3-12(7-14)5-6-15(21)19-16-20-17-10-24-16/h2-7,9-10H,8H2,1H3,(H,19,20,21)/b6-5+. The Morgan fingerprint density at radius 3 is 3.04 bits per heavy atom. The smallest absolute Gasteiger partial charge is 0.250 e. The number of rotatable bonds is 6. The third-order valence-electron chi connectivity index (χ3n) is 2.93. The topological polar surface area (TPSA) is 77.0 Å². The summed E-state index contributed by atoms with van der Waals surface area (Å²) in [7, 11) is 0. The summed E-state index contributed by atoms with van der Waals surface area (Å²) in [6.07, 6.45) is 3.17. The van der Waals surface area contributed by atoms with E-state index in [4.69, 9.17) is 4.74 Å². The molecule has 0 bridgehead atoms. The summed E-state index contributed by atoms with van der Waals surface area (Å²) in [4.78, 5) is 16.1. The average molecular weight is 358 g/mol. The predicted octanol–water partition coefficient (Wildman–Crippen LogP) is 3.53. The molecule has 0 aliphatic rings. The lowest BCUT2D eigenvalue weighted by Gasteiger charge is -2.05. The number of aromatic nitrogens is 3. The van der Waals surface area contributed by atoms with E-state index in [0.29, 0.717) is 11.7 Å². The van der Waals surface area contributed by atoms with Gasteiger partial charge in [-0.2, -0.15) is 0 Å². The minimum atomic E-state index is -0.254. The van der Waals surface area contributed by atoms with Crippen molar-refractivity contribution in [2.45, 2.75) is 13.5 Å². The fourth-order valence-electron chi connectivity index (χ4n) is 1.89. The molecule has 3 aromatic rings. The molecule has 1 amide bonds. The first kappa shape index (κ1) is 16.3. The Morgan fingerprint density at radius 1 is 1.38 bits per heavy atom. The number of anilines is 1. The van der Waals surface area contributed by atoms with Gasteiger partial charge in [-0.05, 0) is 30.7 Å². The molecule has 0 fully saturated rings. The SMILES string of the molecule is Cc1nc(COc2cccc(/C=C/C(=O)Nc3nncs3)c2)cs1. The summed E-state index contributed by atoms with van der Waals surface area (Å²) >= 11 is 2.87. The minimum Gasteiger partial charge on any atom is -0.487 e. The van der Waals surface area contributed by atoms with E-state index in [-0.39, 0.29) is 5.91 Å². The Labute approximate surface area is 146 Å². The van der Waals surface area contributed by atoms with Gasteiger partial charge in [0.15, 0.2) is 0 Å². The lowest BCUT2D eigenvalue weighted by Crippen LogP contribution is -2.07. The number of benzene rings is 1. The van der Waals surface area contributed by atoms with Crippen molar-refractivity contribution in [1.82, 2.24) is 15.2 Å². The molecular weight excluding hydrogens is 344 g/mol. The Kier molecular flexibility index (Phi) is 5.29. The number of carbonyl (C=O) groups excluding carboxylic acids is 1. The molecule has 0 spiro atoms. The van der Waals surface area contributed by atoms with Gasteiger partial charge in [0, 0.05) is 11.5 Å². The third-order valence-corrected chi connectivity index (χ3v) is 4.36. The molecule has 0 radical (unpaired) electrons. The second-order valence-electron chi connectivity index (χ2n) is 4.79. The van der Waals surface area contributed by atoms with Gasteiger partial charge >= 0.3 is 0 Å². The number of hydrogen-bond acceptors (Lipinski definition) is 7. The first-order chi connectivity index (χ1) is 11.7. The molecule has 122 valence electrons. The fourth-order valence-corrected chi connectivity index (χ4v) is 2.93. The lowest BCUT2D eigenvalue weighted by atomic mass is 10.2. The molecule has 2 aromatic heterocycles. The second-order valence-corrected chi connectivity index (χ2v) is 6.68. The Morgan fingerprint density at radius 2 is 2.29 bits per heavy atom. The summed E-state index contributed by atoms with van der Waals surface area (Å²) in [5.41, 5.74) is 3.34. The molecule has 8 heteroatoms. The zero-order valence-electron chi connectivity index (χ0n) is 12.8. The highest BCUT2D eigenvalue weighted by Crippen LogP contribution is 2.17. The quantitative estimate of drug-likeness (QED) is 0.682. The first-order valence-electron chi connectivity index (χ1n) is 7.08. The van der Waals surface area contributed by atoms with Crippen LogP contribution >= 0.6 is 22.7 Å². The van der Waals surface area contributed by atoms with Gasteiger partial charge in [0.25, 0.3) is 0 Å². The molecule has 1 aromatic carbocycles. The van der Waals surface area contributed by atoms with Gasteiger partial charge in [-0.25, -0.2) is 4.98 Å². The van der Waals surface area contributed by atoms with E-state index in [1.165, 1.54) is 17.4 Å². The Bertz CT molecular complexity index is 843. The van der Waals surface area contributed by atoms with Crippen LogP contribution < -0.4 is 10.1 Å². The van der Waals surface area contributed by atoms with Crippen molar-refractivity contribution < 1.29 is 9.53 Å². The highest BCUT2D eigenvalue weighted by Gasteiger charge is 2.02. The molecule has 0 aliphatic carbocycles. The molecule has 2 heterocycles. The van der Waals surface area contributed by atoms with Crippen LogP contribution in [0.5, 0.6) is 5.75 Å². The summed E-state index contributed by atoms with van der Waals surface area (Å²) in [5, 5.41) is 13.5. The zero-order valence-corrected chi connectivity index (χ0v) is 14.4. The zero-order chi connectivity index (χ0) is 16.8. The number of nitrogens with one attached hydrogen (secondary N) is 1. The van der Waals surface area contributed by atoms with Crippen molar-refractivity contribution in [2.75, 3.05) is 5.32 Å². The van der Waals surface area contributed by atoms with E-state index in [1.807, 2.05) is 36.6 Å². The number of thiazole rings is 1. The van der Waals surface area contributed by atoms with E-state index in [0.717, 1.165) is 22.0 Å². The van der Waals surface area contributed by atoms with Crippen molar-refractivity contribution in [3.63, 3.8) is 0 Å². The van der Waals surface area contributed by atoms with Crippen LogP contribution in [-0.4, -0.2) is 21.1 Å². The van der Waals surface area contributed by atoms with Crippen molar-refractivity contribution in [1.29, 1.82) is 0 Å². The largest absolute Gasteiger partial charge is 0.487 e. The molecule has 0 aliphatic heterocycles. The van der Waals surface area contributed by atoms with Gasteiger partial charge in [0.1, 0.15) is 17.9 Å². The maximum absolute atomic E-state index is 11.8. The number of aryl methyl sites for hydroxylation is 1. The molecular formula is C16H14N4O2S2. The first-order valence-corrected chi connectivity index (χ1v) is 8.84. The van der Waals surface area contributed by atoms with E-state index < -0.39 is 0 Å². The number of ether oxygens (including phenoxy) is 1. The average Bonchev–Trinajstić information content (AvgIpc) is 3.23. The Hall–Kier alpha value is -2.58. The summed E-state index contributed by atoms with van der Waals surface area (Å²) in [6.45, 7) is 2.39. The summed E-state index contributed by atoms with van der Waals surface area (Å²) in [5.74, 6) is 0.475. The maximum atomic E-state index is 11.8. The van der Waals surface area contributed by atoms with Gasteiger partial charge in [-0.1, -0.05) is 23.5 Å². The monoisotopic (exact) mass is 358 g/mol. The van der Waals surface area contributed by atoms with E-state index in [2.05, 4.69) is 20.5 Å². The highest BCUT2D eigenvalue weighted by molar-refractivity contribution is 7.13. The van der Waals surface area contributed by atoms with Crippen LogP contribution in [0.15, 0.2) is 41.2 Å². The van der Waals surface area contributed by atoms with Crippen LogP contribution in [0.1, 0.15) is 16.3 Å². The summed E-state index contributed by atoms with van der Waals surface area (Å²) in [6, 6.07) is 7.52. The van der Waals surface area contributed by atoms with Crippen molar-refractivity contribution in [2.24, 2.45) is 0 Å². The predicted molar refractivity (Wildman–Crippen MR) is 95.2 cm³/mol. The van der Waals surface area contributed by atoms with E-state index in [1.54, 1.807) is 22.9 Å². The second kappa shape index (κ2) is 7.80. The number of amides is 1. The molecule has 6 nitrogen and oxygen atoms in total. The maximum Gasteiger partial charge on any atom is 0.250 e. The molecule has 24 heavy (non-hydrogen) atoms. The normalized spacial score (nSPS) is 10.9. The fraction of sp³-hybridized carbons (Fsp3) is 0.125. The van der Waals surface area contributed by atoms with Gasteiger partial charge in [0.2, 0.25) is 11.0 Å². The molecule has 0 saturated carbocycles. The van der Waals surface area contributed by atoms with Gasteiger partial charge in [-0.15, -0.1) is 21.5 Å². The molecule has 0 saturated heterocycles. The van der Waals surface area contributed by atoms with E-state index in [9.17, 15) is 4.79 Å². The molecule has 3 rings (SSSR count). The number of hydrogen-bond donors (Lipinski definition) is 1. The highest BCUT2D eigenvalue weighted by atomic mass is 32.1. The summed E-state index contributed by atoms with van der Waals surface area (Å²) < 4.78 is 5.73. The van der Waals surface area contributed by atoms with E-state index >= 15 is 0 Å². The van der Waals surface area contributed by atoms with Crippen LogP contribution in [0.3, 0.4) is 0 Å². The van der Waals surface area contributed by atoms with Crippen molar-refractivity contribution in [3.8, 4) is 5.75 Å². The number of nitrogens with zero attached hydrogens (tertiary/aromatic N) is 3. The third kappa shape index (κ3) is 4.71. The molecule has 1 N–H and O–H groups in total. The van der Waals surface area contributed by atoms with Crippen molar-refractivity contribution in [3.05, 3.63) is 57.5 Å². The molecule has 0 atom stereocenters. The van der Waals surface area contributed by atoms with Crippen molar-refractivity contribution >= 4 is 39.8 Å². The van der Waals surface area contributed by atoms with Gasteiger partial charge in [-0.3, -0.25) is 10.1 Å². The minimum absolute atomic E-state index is 0.254. The number of carbonyl (C=O) groups is 1. The van der Waals surface area contributed by atoms with Gasteiger partial charge < -0.3 is 4.74 Å². The van der Waals surface area contributed by atoms with Crippen LogP contribution in [0.4, 0.5) is 5.13 Å². The Balaban J connectivity index is 1.58. The molecule has 0 unspecified atom stereocenters. The van der Waals surface area contributed by atoms with Crippen LogP contribution in [0.25, 0.3) is 6.08 Å². The van der Waals surface area contributed by atoms with Gasteiger partial charge in [0.05, 0.1) is 10.7 Å². The lowest BCUT2D eigenvalue weighted by molar-refractivity contribution is -0.111.